The molecule has 3 aromatic heterocycles. The van der Waals surface area contributed by atoms with Crippen LogP contribution < -0.4 is 20.1 Å². The van der Waals surface area contributed by atoms with Crippen LogP contribution in [0.2, 0.25) is 0 Å². The maximum atomic E-state index is 14.0. The standard InChI is InChI=1S/C20H21F2N7O3/c1-11(30)25-16-6-14(15(9-23-16)31-13-8-24-29(3)10-13)26-17-7-18(32-12-4-5-12)28-19(27-17)20(2,21)22/h6-10,12H,4-5H2,1-3H3,(H2,23,25,26,27,28,30). The van der Waals surface area contributed by atoms with Crippen LogP contribution in [0, 0.1) is 0 Å². The predicted octanol–water partition coefficient (Wildman–Crippen LogP) is 3.75. The Kier molecular flexibility index (Phi) is 5.59. The molecule has 0 atom stereocenters. The van der Waals surface area contributed by atoms with Crippen molar-refractivity contribution in [3.05, 3.63) is 36.5 Å². The molecule has 0 unspecified atom stereocenters. The highest BCUT2D eigenvalue weighted by atomic mass is 19.3. The van der Waals surface area contributed by atoms with Crippen molar-refractivity contribution in [1.29, 1.82) is 0 Å². The largest absolute Gasteiger partial charge is 0.474 e. The van der Waals surface area contributed by atoms with E-state index in [0.717, 1.165) is 12.8 Å². The van der Waals surface area contributed by atoms with Crippen molar-refractivity contribution in [1.82, 2.24) is 24.7 Å². The van der Waals surface area contributed by atoms with Crippen molar-refractivity contribution in [3.63, 3.8) is 0 Å². The zero-order chi connectivity index (χ0) is 22.9. The second-order valence-electron chi connectivity index (χ2n) is 7.44. The summed E-state index contributed by atoms with van der Waals surface area (Å²) in [4.78, 5) is 23.4. The second kappa shape index (κ2) is 8.36. The van der Waals surface area contributed by atoms with Crippen LogP contribution in [0.1, 0.15) is 32.5 Å². The summed E-state index contributed by atoms with van der Waals surface area (Å²) in [5, 5.41) is 9.56. The molecular formula is C20H21F2N7O3. The van der Waals surface area contributed by atoms with E-state index in [0.29, 0.717) is 18.4 Å². The Morgan fingerprint density at radius 1 is 1.22 bits per heavy atom. The average molecular weight is 445 g/mol. The fourth-order valence-electron chi connectivity index (χ4n) is 2.69. The van der Waals surface area contributed by atoms with Crippen molar-refractivity contribution in [2.24, 2.45) is 7.05 Å². The fourth-order valence-corrected chi connectivity index (χ4v) is 2.69. The van der Waals surface area contributed by atoms with Crippen LogP contribution in [0.25, 0.3) is 0 Å². The Morgan fingerprint density at radius 3 is 2.62 bits per heavy atom. The Morgan fingerprint density at radius 2 is 2.00 bits per heavy atom. The lowest BCUT2D eigenvalue weighted by atomic mass is 10.3. The maximum Gasteiger partial charge on any atom is 0.304 e. The van der Waals surface area contributed by atoms with E-state index in [9.17, 15) is 13.6 Å². The number of halogens is 2. The molecule has 32 heavy (non-hydrogen) atoms. The number of alkyl halides is 2. The van der Waals surface area contributed by atoms with Gasteiger partial charge in [-0.25, -0.2) is 9.97 Å². The molecule has 0 saturated heterocycles. The molecule has 1 aliphatic carbocycles. The first-order valence-corrected chi connectivity index (χ1v) is 9.81. The number of anilines is 3. The number of aryl methyl sites for hydroxylation is 1. The van der Waals surface area contributed by atoms with E-state index in [2.05, 4.69) is 30.7 Å². The number of carbonyl (C=O) groups excluding carboxylic acids is 1. The van der Waals surface area contributed by atoms with Crippen LogP contribution in [0.4, 0.5) is 26.1 Å². The molecule has 0 bridgehead atoms. The van der Waals surface area contributed by atoms with Crippen molar-refractivity contribution in [2.45, 2.75) is 38.7 Å². The van der Waals surface area contributed by atoms with Crippen LogP contribution in [-0.4, -0.2) is 36.7 Å². The summed E-state index contributed by atoms with van der Waals surface area (Å²) in [5.41, 5.74) is 0.328. The number of hydrogen-bond donors (Lipinski definition) is 2. The summed E-state index contributed by atoms with van der Waals surface area (Å²) in [7, 11) is 1.74. The quantitative estimate of drug-likeness (QED) is 0.539. The molecule has 4 rings (SSSR count). The van der Waals surface area contributed by atoms with Crippen molar-refractivity contribution >= 4 is 23.2 Å². The predicted molar refractivity (Wildman–Crippen MR) is 110 cm³/mol. The number of nitrogens with one attached hydrogen (secondary N) is 2. The minimum absolute atomic E-state index is 0.0344. The molecule has 1 amide bonds. The number of hydrogen-bond acceptors (Lipinski definition) is 8. The molecule has 2 N–H and O–H groups in total. The van der Waals surface area contributed by atoms with Gasteiger partial charge in [-0.2, -0.15) is 18.9 Å². The van der Waals surface area contributed by atoms with Crippen molar-refractivity contribution in [3.8, 4) is 17.4 Å². The van der Waals surface area contributed by atoms with Gasteiger partial charge < -0.3 is 20.1 Å². The van der Waals surface area contributed by atoms with E-state index in [1.807, 2.05) is 0 Å². The molecule has 3 aromatic rings. The SMILES string of the molecule is CC(=O)Nc1cc(Nc2cc(OC3CC3)nc(C(C)(F)F)n2)c(Oc2cnn(C)c2)cn1. The van der Waals surface area contributed by atoms with E-state index >= 15 is 0 Å². The van der Waals surface area contributed by atoms with Crippen LogP contribution >= 0.6 is 0 Å². The van der Waals surface area contributed by atoms with Gasteiger partial charge in [-0.05, 0) is 12.8 Å². The molecule has 0 aromatic carbocycles. The number of aromatic nitrogens is 5. The van der Waals surface area contributed by atoms with Crippen LogP contribution in [-0.2, 0) is 17.8 Å². The third kappa shape index (κ3) is 5.45. The van der Waals surface area contributed by atoms with Gasteiger partial charge >= 0.3 is 5.92 Å². The summed E-state index contributed by atoms with van der Waals surface area (Å²) < 4.78 is 41.0. The number of ether oxygens (including phenoxy) is 2. The monoisotopic (exact) mass is 445 g/mol. The molecule has 1 saturated carbocycles. The van der Waals surface area contributed by atoms with Crippen LogP contribution in [0.15, 0.2) is 30.7 Å². The van der Waals surface area contributed by atoms with E-state index in [1.165, 1.54) is 31.5 Å². The van der Waals surface area contributed by atoms with Crippen molar-refractivity contribution < 1.29 is 23.0 Å². The zero-order valence-electron chi connectivity index (χ0n) is 17.6. The highest BCUT2D eigenvalue weighted by molar-refractivity contribution is 5.88. The van der Waals surface area contributed by atoms with Gasteiger partial charge in [-0.15, -0.1) is 0 Å². The van der Waals surface area contributed by atoms with E-state index in [4.69, 9.17) is 9.47 Å². The Hall–Kier alpha value is -3.83. The molecule has 0 radical (unpaired) electrons. The molecule has 1 aliphatic rings. The Bertz CT molecular complexity index is 1140. The number of nitrogens with zero attached hydrogens (tertiary/aromatic N) is 5. The number of amides is 1. The van der Waals surface area contributed by atoms with E-state index < -0.39 is 11.7 Å². The van der Waals surface area contributed by atoms with Gasteiger partial charge in [0.05, 0.1) is 24.3 Å². The van der Waals surface area contributed by atoms with Gasteiger partial charge in [-0.1, -0.05) is 0 Å². The summed E-state index contributed by atoms with van der Waals surface area (Å²) in [6.07, 6.45) is 6.20. The Balaban J connectivity index is 1.69. The minimum atomic E-state index is -3.27. The molecule has 10 nitrogen and oxygen atoms in total. The van der Waals surface area contributed by atoms with E-state index in [1.54, 1.807) is 17.9 Å². The first-order chi connectivity index (χ1) is 15.2. The van der Waals surface area contributed by atoms with Gasteiger partial charge in [0.15, 0.2) is 11.5 Å². The number of rotatable bonds is 8. The normalized spacial score (nSPS) is 13.5. The number of carbonyl (C=O) groups is 1. The van der Waals surface area contributed by atoms with Gasteiger partial charge in [0.1, 0.15) is 17.7 Å². The third-order valence-electron chi connectivity index (χ3n) is 4.25. The van der Waals surface area contributed by atoms with Crippen LogP contribution in [0.3, 0.4) is 0 Å². The average Bonchev–Trinajstić information content (AvgIpc) is 3.41. The van der Waals surface area contributed by atoms with E-state index in [-0.39, 0.29) is 35.3 Å². The highest BCUT2D eigenvalue weighted by Crippen LogP contribution is 2.35. The van der Waals surface area contributed by atoms with Crippen molar-refractivity contribution in [2.75, 3.05) is 10.6 Å². The lowest BCUT2D eigenvalue weighted by Gasteiger charge is -2.16. The fraction of sp³-hybridized carbons (Fsp3) is 0.350. The minimum Gasteiger partial charge on any atom is -0.474 e. The summed E-state index contributed by atoms with van der Waals surface area (Å²) in [6.45, 7) is 2.06. The van der Waals surface area contributed by atoms with Gasteiger partial charge in [-0.3, -0.25) is 9.48 Å². The van der Waals surface area contributed by atoms with Crippen LogP contribution in [0.5, 0.6) is 17.4 Å². The molecular weight excluding hydrogens is 424 g/mol. The summed E-state index contributed by atoms with van der Waals surface area (Å²) in [6, 6.07) is 2.93. The topological polar surface area (TPSA) is 116 Å². The Labute approximate surface area is 182 Å². The molecule has 3 heterocycles. The highest BCUT2D eigenvalue weighted by Gasteiger charge is 2.31. The molecule has 0 aliphatic heterocycles. The molecule has 0 spiro atoms. The number of pyridine rings is 1. The molecule has 12 heteroatoms. The summed E-state index contributed by atoms with van der Waals surface area (Å²) >= 11 is 0. The lowest BCUT2D eigenvalue weighted by Crippen LogP contribution is -2.15. The maximum absolute atomic E-state index is 14.0. The first-order valence-electron chi connectivity index (χ1n) is 9.81. The third-order valence-corrected chi connectivity index (χ3v) is 4.25. The zero-order valence-corrected chi connectivity index (χ0v) is 17.6. The molecule has 168 valence electrons. The second-order valence-corrected chi connectivity index (χ2v) is 7.44. The first kappa shape index (κ1) is 21.4. The van der Waals surface area contributed by atoms with Gasteiger partial charge in [0, 0.05) is 33.0 Å². The van der Waals surface area contributed by atoms with Gasteiger partial charge in [0.25, 0.3) is 0 Å². The lowest BCUT2D eigenvalue weighted by molar-refractivity contribution is -0.114. The smallest absolute Gasteiger partial charge is 0.304 e. The van der Waals surface area contributed by atoms with Gasteiger partial charge in [0.2, 0.25) is 17.6 Å². The summed E-state index contributed by atoms with van der Waals surface area (Å²) in [5.74, 6) is -3.21. The molecule has 1 fully saturated rings.